The van der Waals surface area contributed by atoms with Crippen LogP contribution < -0.4 is 20.1 Å². The van der Waals surface area contributed by atoms with E-state index in [2.05, 4.69) is 11.1 Å². The van der Waals surface area contributed by atoms with Gasteiger partial charge in [-0.25, -0.2) is 0 Å². The van der Waals surface area contributed by atoms with Crippen LogP contribution in [0.2, 0.25) is 0 Å². The highest BCUT2D eigenvalue weighted by atomic mass is 16.5. The van der Waals surface area contributed by atoms with E-state index in [4.69, 9.17) is 15.2 Å². The zero-order valence-electron chi connectivity index (χ0n) is 18.8. The van der Waals surface area contributed by atoms with E-state index in [9.17, 15) is 9.59 Å². The summed E-state index contributed by atoms with van der Waals surface area (Å²) in [5.74, 6) is 0.585. The molecule has 3 N–H and O–H groups in total. The number of aromatic nitrogens is 1. The predicted molar refractivity (Wildman–Crippen MR) is 131 cm³/mol. The van der Waals surface area contributed by atoms with Gasteiger partial charge in [0.25, 0.3) is 5.91 Å². The van der Waals surface area contributed by atoms with E-state index in [1.165, 1.54) is 0 Å². The summed E-state index contributed by atoms with van der Waals surface area (Å²) >= 11 is 0. The number of para-hydroxylation sites is 3. The SMILES string of the molecule is COc1ccc(-c2[nH]c3ccccc3c2CCC(=O)N2CC(C(N)=O)Oc3ccccc32)cc1. The molecule has 0 aliphatic carbocycles. The molecule has 4 aromatic rings. The van der Waals surface area contributed by atoms with E-state index in [1.54, 1.807) is 24.1 Å². The molecule has 1 atom stereocenters. The first-order valence-electron chi connectivity index (χ1n) is 11.1. The van der Waals surface area contributed by atoms with Crippen LogP contribution in [0.1, 0.15) is 12.0 Å². The maximum atomic E-state index is 13.4. The predicted octanol–water partition coefficient (Wildman–Crippen LogP) is 4.06. The van der Waals surface area contributed by atoms with Gasteiger partial charge in [0, 0.05) is 23.0 Å². The Balaban J connectivity index is 1.45. The van der Waals surface area contributed by atoms with Crippen LogP contribution in [0.4, 0.5) is 5.69 Å². The Hall–Kier alpha value is -4.26. The van der Waals surface area contributed by atoms with E-state index < -0.39 is 12.0 Å². The quantitative estimate of drug-likeness (QED) is 0.458. The number of ether oxygens (including phenoxy) is 2. The van der Waals surface area contributed by atoms with Crippen LogP contribution in [0.5, 0.6) is 11.5 Å². The van der Waals surface area contributed by atoms with E-state index in [-0.39, 0.29) is 18.9 Å². The van der Waals surface area contributed by atoms with Crippen LogP contribution in [0.15, 0.2) is 72.8 Å². The van der Waals surface area contributed by atoms with Crippen molar-refractivity contribution in [2.24, 2.45) is 5.73 Å². The van der Waals surface area contributed by atoms with Crippen molar-refractivity contribution in [1.82, 2.24) is 4.98 Å². The normalized spacial score (nSPS) is 15.0. The number of benzene rings is 3. The highest BCUT2D eigenvalue weighted by molar-refractivity contribution is 5.98. The minimum absolute atomic E-state index is 0.0898. The Morgan fingerprint density at radius 2 is 1.79 bits per heavy atom. The number of aryl methyl sites for hydroxylation is 1. The summed E-state index contributed by atoms with van der Waals surface area (Å²) in [7, 11) is 1.64. The largest absolute Gasteiger partial charge is 0.497 e. The smallest absolute Gasteiger partial charge is 0.260 e. The number of carbonyl (C=O) groups excluding carboxylic acids is 2. The molecule has 1 aliphatic heterocycles. The zero-order chi connectivity index (χ0) is 23.7. The molecule has 0 bridgehead atoms. The van der Waals surface area contributed by atoms with Gasteiger partial charge in [-0.05, 0) is 60.0 Å². The summed E-state index contributed by atoms with van der Waals surface area (Å²) in [5.41, 5.74) is 10.2. The number of nitrogens with zero attached hydrogens (tertiary/aromatic N) is 1. The van der Waals surface area contributed by atoms with Crippen LogP contribution in [-0.2, 0) is 16.0 Å². The van der Waals surface area contributed by atoms with Crippen molar-refractivity contribution in [3.63, 3.8) is 0 Å². The van der Waals surface area contributed by atoms with Crippen molar-refractivity contribution < 1.29 is 19.1 Å². The molecule has 3 aromatic carbocycles. The van der Waals surface area contributed by atoms with Gasteiger partial charge in [-0.1, -0.05) is 30.3 Å². The van der Waals surface area contributed by atoms with E-state index >= 15 is 0 Å². The van der Waals surface area contributed by atoms with Crippen molar-refractivity contribution >= 4 is 28.4 Å². The van der Waals surface area contributed by atoms with Gasteiger partial charge in [0.05, 0.1) is 19.3 Å². The molecule has 1 unspecified atom stereocenters. The number of aromatic amines is 1. The van der Waals surface area contributed by atoms with E-state index in [1.807, 2.05) is 54.6 Å². The first-order chi connectivity index (χ1) is 16.5. The third-order valence-electron chi connectivity index (χ3n) is 6.17. The summed E-state index contributed by atoms with van der Waals surface area (Å²) < 4.78 is 11.0. The number of nitrogens with one attached hydrogen (secondary N) is 1. The van der Waals surface area contributed by atoms with Crippen LogP contribution in [0.3, 0.4) is 0 Å². The van der Waals surface area contributed by atoms with E-state index in [0.717, 1.165) is 33.5 Å². The molecule has 1 aromatic heterocycles. The van der Waals surface area contributed by atoms with Gasteiger partial charge in [0.2, 0.25) is 5.91 Å². The second-order valence-corrected chi connectivity index (χ2v) is 8.23. The van der Waals surface area contributed by atoms with Crippen molar-refractivity contribution in [1.29, 1.82) is 0 Å². The van der Waals surface area contributed by atoms with Gasteiger partial charge in [-0.15, -0.1) is 0 Å². The molecule has 5 rings (SSSR count). The maximum absolute atomic E-state index is 13.4. The average Bonchev–Trinajstić information content (AvgIpc) is 3.25. The molecule has 2 heterocycles. The monoisotopic (exact) mass is 455 g/mol. The molecule has 0 fully saturated rings. The van der Waals surface area contributed by atoms with Gasteiger partial charge in [-0.3, -0.25) is 9.59 Å². The van der Waals surface area contributed by atoms with Crippen LogP contribution >= 0.6 is 0 Å². The molecule has 172 valence electrons. The second-order valence-electron chi connectivity index (χ2n) is 8.23. The lowest BCUT2D eigenvalue weighted by Crippen LogP contribution is -2.49. The number of H-pyrrole nitrogens is 1. The Labute approximate surface area is 197 Å². The van der Waals surface area contributed by atoms with Crippen LogP contribution in [0.25, 0.3) is 22.2 Å². The third kappa shape index (κ3) is 3.96. The lowest BCUT2D eigenvalue weighted by atomic mass is 10.0. The Morgan fingerprint density at radius 3 is 2.56 bits per heavy atom. The molecule has 1 aliphatic rings. The number of hydrogen-bond donors (Lipinski definition) is 2. The number of amides is 2. The van der Waals surface area contributed by atoms with Crippen LogP contribution in [0, 0.1) is 0 Å². The minimum Gasteiger partial charge on any atom is -0.497 e. The summed E-state index contributed by atoms with van der Waals surface area (Å²) in [4.78, 5) is 30.3. The maximum Gasteiger partial charge on any atom is 0.260 e. The van der Waals surface area contributed by atoms with E-state index in [0.29, 0.717) is 17.9 Å². The average molecular weight is 456 g/mol. The first-order valence-corrected chi connectivity index (χ1v) is 11.1. The lowest BCUT2D eigenvalue weighted by Gasteiger charge is -2.33. The highest BCUT2D eigenvalue weighted by Crippen LogP contribution is 2.35. The van der Waals surface area contributed by atoms with Gasteiger partial charge >= 0.3 is 0 Å². The fraction of sp³-hybridized carbons (Fsp3) is 0.185. The standard InChI is InChI=1S/C27H25N3O4/c1-33-18-12-10-17(11-13-18)26-20(19-6-2-3-7-21(19)29-26)14-15-25(31)30-16-24(27(28)32)34-23-9-5-4-8-22(23)30/h2-13,24,29H,14-16H2,1H3,(H2,28,32). The molecule has 0 saturated carbocycles. The minimum atomic E-state index is -0.873. The summed E-state index contributed by atoms with van der Waals surface area (Å²) in [6, 6.07) is 23.1. The van der Waals surface area contributed by atoms with Crippen molar-refractivity contribution in [3.8, 4) is 22.8 Å². The lowest BCUT2D eigenvalue weighted by molar-refractivity contribution is -0.125. The number of hydrogen-bond acceptors (Lipinski definition) is 4. The summed E-state index contributed by atoms with van der Waals surface area (Å²) in [6.45, 7) is 0.102. The topological polar surface area (TPSA) is 97.7 Å². The number of primary amides is 1. The number of fused-ring (bicyclic) bond motifs is 2. The third-order valence-corrected chi connectivity index (χ3v) is 6.17. The molecule has 7 nitrogen and oxygen atoms in total. The molecular formula is C27H25N3O4. The zero-order valence-corrected chi connectivity index (χ0v) is 18.8. The second kappa shape index (κ2) is 8.94. The number of carbonyl (C=O) groups is 2. The molecule has 0 spiro atoms. The van der Waals surface area contributed by atoms with Crippen molar-refractivity contribution in [3.05, 3.63) is 78.4 Å². The highest BCUT2D eigenvalue weighted by Gasteiger charge is 2.32. The van der Waals surface area contributed by atoms with Crippen molar-refractivity contribution in [2.45, 2.75) is 18.9 Å². The van der Waals surface area contributed by atoms with Gasteiger partial charge in [0.1, 0.15) is 11.5 Å². The Morgan fingerprint density at radius 1 is 1.06 bits per heavy atom. The first kappa shape index (κ1) is 21.6. The molecule has 0 saturated heterocycles. The Bertz CT molecular complexity index is 1360. The number of anilines is 1. The summed E-state index contributed by atoms with van der Waals surface area (Å²) in [6.07, 6.45) is -0.0720. The summed E-state index contributed by atoms with van der Waals surface area (Å²) in [5, 5.41) is 1.08. The number of nitrogens with two attached hydrogens (primary N) is 1. The van der Waals surface area contributed by atoms with Crippen molar-refractivity contribution in [2.75, 3.05) is 18.6 Å². The fourth-order valence-electron chi connectivity index (χ4n) is 4.45. The van der Waals surface area contributed by atoms with Crippen LogP contribution in [-0.4, -0.2) is 36.6 Å². The van der Waals surface area contributed by atoms with Gasteiger partial charge < -0.3 is 25.1 Å². The molecule has 0 radical (unpaired) electrons. The molecule has 34 heavy (non-hydrogen) atoms. The molecule has 7 heteroatoms. The number of rotatable bonds is 6. The molecular weight excluding hydrogens is 430 g/mol. The fourth-order valence-corrected chi connectivity index (χ4v) is 4.45. The molecule has 2 amide bonds. The van der Waals surface area contributed by atoms with Gasteiger partial charge in [-0.2, -0.15) is 0 Å². The van der Waals surface area contributed by atoms with Gasteiger partial charge in [0.15, 0.2) is 6.10 Å². The Kier molecular flexibility index (Phi) is 5.67. The number of methoxy groups -OCH3 is 1.